The molecule has 4 nitrogen and oxygen atoms in total. The third kappa shape index (κ3) is 5.20. The van der Waals surface area contributed by atoms with Gasteiger partial charge < -0.3 is 15.4 Å². The molecule has 0 atom stereocenters. The molecule has 0 fully saturated rings. The molecule has 23 heavy (non-hydrogen) atoms. The quantitative estimate of drug-likeness (QED) is 0.773. The molecule has 2 rings (SSSR count). The molecule has 0 bridgehead atoms. The lowest BCUT2D eigenvalue weighted by Gasteiger charge is -2.11. The monoisotopic (exact) mass is 372 g/mol. The fourth-order valence-electron chi connectivity index (χ4n) is 1.96. The highest BCUT2D eigenvalue weighted by atomic mass is 35.5. The highest BCUT2D eigenvalue weighted by molar-refractivity contribution is 6.42. The summed E-state index contributed by atoms with van der Waals surface area (Å²) in [7, 11) is 1.52. The first-order valence-corrected chi connectivity index (χ1v) is 7.95. The van der Waals surface area contributed by atoms with Crippen molar-refractivity contribution in [2.24, 2.45) is 0 Å². The van der Waals surface area contributed by atoms with E-state index in [2.05, 4.69) is 10.6 Å². The Labute approximate surface area is 149 Å². The Hall–Kier alpha value is -1.62. The Morgan fingerprint density at radius 1 is 1.09 bits per heavy atom. The molecule has 0 saturated carbocycles. The minimum atomic E-state index is -0.342. The van der Waals surface area contributed by atoms with Crippen LogP contribution in [0.25, 0.3) is 0 Å². The average molecular weight is 374 g/mol. The molecule has 0 aliphatic carbocycles. The zero-order chi connectivity index (χ0) is 16.8. The number of carbonyl (C=O) groups excluding carboxylic acids is 1. The fourth-order valence-corrected chi connectivity index (χ4v) is 2.45. The Morgan fingerprint density at radius 2 is 1.87 bits per heavy atom. The van der Waals surface area contributed by atoms with E-state index in [9.17, 15) is 4.79 Å². The second-order valence-corrected chi connectivity index (χ2v) is 5.97. The first kappa shape index (κ1) is 17.7. The predicted octanol–water partition coefficient (Wildman–Crippen LogP) is 5.02. The number of hydrogen-bond donors (Lipinski definition) is 2. The van der Waals surface area contributed by atoms with E-state index >= 15 is 0 Å². The van der Waals surface area contributed by atoms with Gasteiger partial charge in [0.25, 0.3) is 0 Å². The van der Waals surface area contributed by atoms with Gasteiger partial charge in [-0.05, 0) is 42.3 Å². The number of hydrogen-bond acceptors (Lipinski definition) is 2. The van der Waals surface area contributed by atoms with Crippen LogP contribution in [0, 0.1) is 0 Å². The summed E-state index contributed by atoms with van der Waals surface area (Å²) >= 11 is 17.7. The number of anilines is 1. The molecular weight excluding hydrogens is 359 g/mol. The van der Waals surface area contributed by atoms with Gasteiger partial charge in [0.1, 0.15) is 5.75 Å². The fraction of sp³-hybridized carbons (Fsp3) is 0.188. The first-order valence-electron chi connectivity index (χ1n) is 6.82. The Bertz CT molecular complexity index is 708. The third-order valence-electron chi connectivity index (χ3n) is 3.09. The Balaban J connectivity index is 1.88. The molecule has 2 aromatic carbocycles. The summed E-state index contributed by atoms with van der Waals surface area (Å²) in [6.45, 7) is 0.451. The summed E-state index contributed by atoms with van der Waals surface area (Å²) < 4.78 is 5.17. The van der Waals surface area contributed by atoms with Gasteiger partial charge in [0, 0.05) is 11.6 Å². The maximum atomic E-state index is 11.9. The highest BCUT2D eigenvalue weighted by Crippen LogP contribution is 2.27. The van der Waals surface area contributed by atoms with Gasteiger partial charge in [-0.25, -0.2) is 4.79 Å². The second kappa shape index (κ2) is 8.29. The number of urea groups is 1. The Kier molecular flexibility index (Phi) is 6.39. The van der Waals surface area contributed by atoms with Gasteiger partial charge in [-0.3, -0.25) is 0 Å². The Morgan fingerprint density at radius 3 is 2.57 bits per heavy atom. The van der Waals surface area contributed by atoms with Gasteiger partial charge in [-0.15, -0.1) is 0 Å². The summed E-state index contributed by atoms with van der Waals surface area (Å²) in [6, 6.07) is 10.0. The molecule has 0 spiro atoms. The number of halogens is 3. The molecular formula is C16H15Cl3N2O2. The van der Waals surface area contributed by atoms with Gasteiger partial charge in [-0.1, -0.05) is 40.9 Å². The standard InChI is InChI=1S/C16H15Cl3N2O2/c1-23-15-5-3-11(17)9-14(15)21-16(22)20-7-6-10-2-4-12(18)13(19)8-10/h2-5,8-9H,6-7H2,1H3,(H2,20,21,22). The third-order valence-corrected chi connectivity index (χ3v) is 4.07. The zero-order valence-corrected chi connectivity index (χ0v) is 14.6. The minimum Gasteiger partial charge on any atom is -0.495 e. The lowest BCUT2D eigenvalue weighted by atomic mass is 10.1. The summed E-state index contributed by atoms with van der Waals surface area (Å²) in [5, 5.41) is 6.98. The molecule has 122 valence electrons. The van der Waals surface area contributed by atoms with Crippen LogP contribution in [0.5, 0.6) is 5.75 Å². The summed E-state index contributed by atoms with van der Waals surface area (Å²) in [5.41, 5.74) is 1.49. The van der Waals surface area contributed by atoms with E-state index in [0.29, 0.717) is 39.5 Å². The van der Waals surface area contributed by atoms with Gasteiger partial charge in [-0.2, -0.15) is 0 Å². The first-order chi connectivity index (χ1) is 11.0. The van der Waals surface area contributed by atoms with Crippen molar-refractivity contribution in [1.29, 1.82) is 0 Å². The summed E-state index contributed by atoms with van der Waals surface area (Å²) in [6.07, 6.45) is 0.636. The lowest BCUT2D eigenvalue weighted by molar-refractivity contribution is 0.252. The maximum absolute atomic E-state index is 11.9. The van der Waals surface area contributed by atoms with Crippen molar-refractivity contribution in [3.8, 4) is 5.75 Å². The van der Waals surface area contributed by atoms with Gasteiger partial charge in [0.2, 0.25) is 0 Å². The summed E-state index contributed by atoms with van der Waals surface area (Å²) in [5.74, 6) is 0.536. The van der Waals surface area contributed by atoms with E-state index in [-0.39, 0.29) is 6.03 Å². The molecule has 7 heteroatoms. The number of nitrogens with one attached hydrogen (secondary N) is 2. The van der Waals surface area contributed by atoms with Crippen LogP contribution in [-0.4, -0.2) is 19.7 Å². The van der Waals surface area contributed by atoms with Crippen LogP contribution in [0.4, 0.5) is 10.5 Å². The maximum Gasteiger partial charge on any atom is 0.319 e. The second-order valence-electron chi connectivity index (χ2n) is 4.72. The number of benzene rings is 2. The van der Waals surface area contributed by atoms with E-state index in [1.54, 1.807) is 30.3 Å². The lowest BCUT2D eigenvalue weighted by Crippen LogP contribution is -2.30. The van der Waals surface area contributed by atoms with E-state index < -0.39 is 0 Å². The van der Waals surface area contributed by atoms with Crippen LogP contribution in [0.15, 0.2) is 36.4 Å². The van der Waals surface area contributed by atoms with Gasteiger partial charge in [0.05, 0.1) is 22.8 Å². The highest BCUT2D eigenvalue weighted by Gasteiger charge is 2.08. The van der Waals surface area contributed by atoms with E-state index in [0.717, 1.165) is 5.56 Å². The van der Waals surface area contributed by atoms with Crippen LogP contribution < -0.4 is 15.4 Å². The smallest absolute Gasteiger partial charge is 0.319 e. The molecule has 2 N–H and O–H groups in total. The molecule has 2 aromatic rings. The number of carbonyl (C=O) groups is 1. The molecule has 0 aliphatic rings. The largest absolute Gasteiger partial charge is 0.495 e. The number of rotatable bonds is 5. The number of amides is 2. The van der Waals surface area contributed by atoms with E-state index in [1.807, 2.05) is 6.07 Å². The van der Waals surface area contributed by atoms with Crippen molar-refractivity contribution in [2.45, 2.75) is 6.42 Å². The van der Waals surface area contributed by atoms with Crippen LogP contribution in [0.1, 0.15) is 5.56 Å². The molecule has 0 radical (unpaired) electrons. The van der Waals surface area contributed by atoms with Crippen LogP contribution in [0.3, 0.4) is 0 Å². The van der Waals surface area contributed by atoms with Gasteiger partial charge in [0.15, 0.2) is 0 Å². The van der Waals surface area contributed by atoms with Crippen molar-refractivity contribution < 1.29 is 9.53 Å². The zero-order valence-electron chi connectivity index (χ0n) is 12.3. The van der Waals surface area contributed by atoms with Crippen molar-refractivity contribution in [3.63, 3.8) is 0 Å². The van der Waals surface area contributed by atoms with Crippen LogP contribution in [0.2, 0.25) is 15.1 Å². The number of methoxy groups -OCH3 is 1. The van der Waals surface area contributed by atoms with Crippen molar-refractivity contribution in [3.05, 3.63) is 57.0 Å². The van der Waals surface area contributed by atoms with Crippen molar-refractivity contribution >= 4 is 46.5 Å². The van der Waals surface area contributed by atoms with Crippen LogP contribution in [-0.2, 0) is 6.42 Å². The van der Waals surface area contributed by atoms with Gasteiger partial charge >= 0.3 is 6.03 Å². The topological polar surface area (TPSA) is 50.4 Å². The molecule has 0 aliphatic heterocycles. The molecule has 0 saturated heterocycles. The predicted molar refractivity (Wildman–Crippen MR) is 95.2 cm³/mol. The molecule has 0 aromatic heterocycles. The van der Waals surface area contributed by atoms with Crippen molar-refractivity contribution in [1.82, 2.24) is 5.32 Å². The van der Waals surface area contributed by atoms with E-state index in [1.165, 1.54) is 7.11 Å². The summed E-state index contributed by atoms with van der Waals surface area (Å²) in [4.78, 5) is 11.9. The SMILES string of the molecule is COc1ccc(Cl)cc1NC(=O)NCCc1ccc(Cl)c(Cl)c1. The molecule has 0 unspecified atom stereocenters. The van der Waals surface area contributed by atoms with Crippen LogP contribution >= 0.6 is 34.8 Å². The average Bonchev–Trinajstić information content (AvgIpc) is 2.51. The van der Waals surface area contributed by atoms with Crippen molar-refractivity contribution in [2.75, 3.05) is 19.0 Å². The number of ether oxygens (including phenoxy) is 1. The molecule has 2 amide bonds. The molecule has 0 heterocycles. The minimum absolute atomic E-state index is 0.342. The normalized spacial score (nSPS) is 10.3. The van der Waals surface area contributed by atoms with E-state index in [4.69, 9.17) is 39.5 Å².